The van der Waals surface area contributed by atoms with Gasteiger partial charge in [-0.25, -0.2) is 14.4 Å². The number of hydrogen-bond donors (Lipinski definition) is 1. The van der Waals surface area contributed by atoms with Gasteiger partial charge < -0.3 is 19.9 Å². The van der Waals surface area contributed by atoms with Crippen LogP contribution in [0.15, 0.2) is 42.7 Å². The number of carbonyl (C=O) groups excluding carboxylic acids is 1. The summed E-state index contributed by atoms with van der Waals surface area (Å²) in [5.41, 5.74) is 9.62. The smallest absolute Gasteiger partial charge is 0.257 e. The van der Waals surface area contributed by atoms with E-state index in [1.165, 1.54) is 17.0 Å². The number of imidazole rings is 1. The van der Waals surface area contributed by atoms with Crippen molar-refractivity contribution in [2.24, 2.45) is 7.05 Å². The standard InChI is InChI=1S/C29H24FN7O2/c1-35(29(38)19-11-20-23(12-22(19)30)34-28(31)21-14-33-36(2)27(20)21)24-15-39-25-10-16(6-8-18(24)25)5-7-17-13-32-26-4-3-9-37(17)26/h6,8,10-14,24H,3-4,9,15H2,1-2H3,(H2,31,34)/t24-/m1/s1. The number of anilines is 1. The number of halogens is 1. The predicted molar refractivity (Wildman–Crippen MR) is 144 cm³/mol. The van der Waals surface area contributed by atoms with E-state index in [0.717, 1.165) is 42.0 Å². The zero-order valence-corrected chi connectivity index (χ0v) is 21.4. The highest BCUT2D eigenvalue weighted by Gasteiger charge is 2.32. The second-order valence-electron chi connectivity index (χ2n) is 9.94. The number of carbonyl (C=O) groups is 1. The number of likely N-dealkylation sites (N-methyl/N-ethyl adjacent to an activating group) is 1. The van der Waals surface area contributed by atoms with Gasteiger partial charge in [-0.15, -0.1) is 0 Å². The van der Waals surface area contributed by atoms with E-state index >= 15 is 4.39 Å². The van der Waals surface area contributed by atoms with Crippen molar-refractivity contribution in [3.63, 3.8) is 0 Å². The molecule has 3 aromatic heterocycles. The summed E-state index contributed by atoms with van der Waals surface area (Å²) in [6.07, 6.45) is 5.52. The van der Waals surface area contributed by atoms with E-state index in [0.29, 0.717) is 27.6 Å². The van der Waals surface area contributed by atoms with Crippen LogP contribution in [-0.2, 0) is 20.0 Å². The number of benzene rings is 2. The number of nitrogen functional groups attached to an aromatic ring is 1. The van der Waals surface area contributed by atoms with Gasteiger partial charge in [0.2, 0.25) is 0 Å². The van der Waals surface area contributed by atoms with Crippen LogP contribution in [0.3, 0.4) is 0 Å². The van der Waals surface area contributed by atoms with Crippen LogP contribution in [0.2, 0.25) is 0 Å². The van der Waals surface area contributed by atoms with Gasteiger partial charge in [-0.1, -0.05) is 12.0 Å². The minimum Gasteiger partial charge on any atom is -0.491 e. The van der Waals surface area contributed by atoms with E-state index in [-0.39, 0.29) is 24.0 Å². The summed E-state index contributed by atoms with van der Waals surface area (Å²) in [7, 11) is 3.43. The maximum atomic E-state index is 15.2. The van der Waals surface area contributed by atoms with Crippen LogP contribution in [0.25, 0.3) is 21.8 Å². The number of aryl methyl sites for hydroxylation is 2. The molecule has 1 atom stereocenters. The lowest BCUT2D eigenvalue weighted by Crippen LogP contribution is -2.32. The van der Waals surface area contributed by atoms with Crippen LogP contribution in [0, 0.1) is 17.7 Å². The van der Waals surface area contributed by atoms with Crippen molar-refractivity contribution >= 4 is 33.5 Å². The number of amides is 1. The van der Waals surface area contributed by atoms with Gasteiger partial charge in [0.05, 0.1) is 40.4 Å². The van der Waals surface area contributed by atoms with Gasteiger partial charge in [0.15, 0.2) is 0 Å². The topological polar surface area (TPSA) is 104 Å². The third kappa shape index (κ3) is 3.61. The second-order valence-corrected chi connectivity index (χ2v) is 9.94. The van der Waals surface area contributed by atoms with Crippen LogP contribution in [0.1, 0.15) is 45.5 Å². The van der Waals surface area contributed by atoms with E-state index in [2.05, 4.69) is 31.5 Å². The number of rotatable bonds is 2. The lowest BCUT2D eigenvalue weighted by atomic mass is 10.0. The van der Waals surface area contributed by atoms with Gasteiger partial charge in [0.25, 0.3) is 5.91 Å². The average molecular weight is 522 g/mol. The van der Waals surface area contributed by atoms with E-state index in [1.54, 1.807) is 25.0 Å². The Morgan fingerprint density at radius 3 is 2.95 bits per heavy atom. The van der Waals surface area contributed by atoms with Gasteiger partial charge in [-0.05, 0) is 30.5 Å². The molecule has 2 aliphatic rings. The molecule has 10 heteroatoms. The molecule has 194 valence electrons. The third-order valence-corrected chi connectivity index (χ3v) is 7.64. The fourth-order valence-corrected chi connectivity index (χ4v) is 5.56. The molecule has 0 aliphatic carbocycles. The minimum absolute atomic E-state index is 0.0525. The van der Waals surface area contributed by atoms with Crippen molar-refractivity contribution in [1.29, 1.82) is 0 Å². The van der Waals surface area contributed by atoms with E-state index in [1.807, 2.05) is 24.4 Å². The highest BCUT2D eigenvalue weighted by atomic mass is 19.1. The molecule has 2 N–H and O–H groups in total. The van der Waals surface area contributed by atoms with Crippen molar-refractivity contribution in [3.8, 4) is 17.6 Å². The molecule has 7 rings (SSSR count). The van der Waals surface area contributed by atoms with Crippen molar-refractivity contribution in [2.75, 3.05) is 19.4 Å². The summed E-state index contributed by atoms with van der Waals surface area (Å²) in [5.74, 6) is 7.31. The fraction of sp³-hybridized carbons (Fsp3) is 0.241. The monoisotopic (exact) mass is 521 g/mol. The summed E-state index contributed by atoms with van der Waals surface area (Å²) in [6.45, 7) is 1.22. The maximum Gasteiger partial charge on any atom is 0.257 e. The fourth-order valence-electron chi connectivity index (χ4n) is 5.56. The number of hydrogen-bond acceptors (Lipinski definition) is 6. The van der Waals surface area contributed by atoms with Gasteiger partial charge in [0, 0.05) is 49.6 Å². The SMILES string of the molecule is CN(C(=O)c1cc2c(cc1F)nc(N)c1cnn(C)c12)[C@@H]1COc2cc(C#Cc3cnc4n3CCC4)ccc21. The molecule has 0 unspecified atom stereocenters. The molecule has 39 heavy (non-hydrogen) atoms. The van der Waals surface area contributed by atoms with Crippen molar-refractivity contribution in [3.05, 3.63) is 76.8 Å². The van der Waals surface area contributed by atoms with Crippen LogP contribution >= 0.6 is 0 Å². The summed E-state index contributed by atoms with van der Waals surface area (Å²) < 4.78 is 24.9. The molecule has 0 radical (unpaired) electrons. The minimum atomic E-state index is -0.663. The molecule has 5 heterocycles. The average Bonchev–Trinajstić information content (AvgIpc) is 3.71. The Hall–Kier alpha value is -4.91. The van der Waals surface area contributed by atoms with E-state index in [9.17, 15) is 4.79 Å². The Bertz CT molecular complexity index is 1900. The Labute approximate surface area is 223 Å². The number of pyridine rings is 1. The molecule has 5 aromatic rings. The van der Waals surface area contributed by atoms with Gasteiger partial charge in [-0.2, -0.15) is 5.10 Å². The first kappa shape index (κ1) is 23.2. The van der Waals surface area contributed by atoms with Gasteiger partial charge in [0.1, 0.15) is 35.5 Å². The van der Waals surface area contributed by atoms with Crippen LogP contribution in [-0.4, -0.2) is 48.8 Å². The molecule has 0 spiro atoms. The van der Waals surface area contributed by atoms with Gasteiger partial charge in [-0.3, -0.25) is 9.48 Å². The maximum absolute atomic E-state index is 15.2. The summed E-state index contributed by atoms with van der Waals surface area (Å²) in [4.78, 5) is 23.8. The zero-order valence-electron chi connectivity index (χ0n) is 21.4. The number of aromatic nitrogens is 5. The molecule has 2 aliphatic heterocycles. The Kier molecular flexibility index (Phi) is 5.10. The van der Waals surface area contributed by atoms with Crippen molar-refractivity contribution in [2.45, 2.75) is 25.4 Å². The molecular weight excluding hydrogens is 497 g/mol. The molecule has 2 aromatic carbocycles. The lowest BCUT2D eigenvalue weighted by Gasteiger charge is -2.24. The first-order valence-electron chi connectivity index (χ1n) is 12.7. The predicted octanol–water partition coefficient (Wildman–Crippen LogP) is 3.59. The quantitative estimate of drug-likeness (QED) is 0.356. The lowest BCUT2D eigenvalue weighted by molar-refractivity contribution is 0.0704. The van der Waals surface area contributed by atoms with Crippen LogP contribution < -0.4 is 10.5 Å². The number of nitrogens with two attached hydrogens (primary N) is 1. The Balaban J connectivity index is 1.18. The van der Waals surface area contributed by atoms with Crippen molar-refractivity contribution < 1.29 is 13.9 Å². The molecule has 0 bridgehead atoms. The number of fused-ring (bicyclic) bond motifs is 5. The molecule has 0 fully saturated rings. The molecule has 0 saturated carbocycles. The Morgan fingerprint density at radius 1 is 1.21 bits per heavy atom. The molecule has 9 nitrogen and oxygen atoms in total. The molecule has 1 amide bonds. The molecular formula is C29H24FN7O2. The summed E-state index contributed by atoms with van der Waals surface area (Å²) in [6, 6.07) is 8.13. The van der Waals surface area contributed by atoms with E-state index < -0.39 is 11.7 Å². The third-order valence-electron chi connectivity index (χ3n) is 7.64. The highest BCUT2D eigenvalue weighted by Crippen LogP contribution is 2.37. The van der Waals surface area contributed by atoms with Gasteiger partial charge >= 0.3 is 0 Å². The first-order chi connectivity index (χ1) is 18.9. The zero-order chi connectivity index (χ0) is 26.8. The van der Waals surface area contributed by atoms with E-state index in [4.69, 9.17) is 10.5 Å². The number of nitrogens with zero attached hydrogens (tertiary/aromatic N) is 6. The Morgan fingerprint density at radius 2 is 2.08 bits per heavy atom. The number of ether oxygens (including phenoxy) is 1. The first-order valence-corrected chi connectivity index (χ1v) is 12.7. The summed E-state index contributed by atoms with van der Waals surface area (Å²) >= 11 is 0. The van der Waals surface area contributed by atoms with Crippen molar-refractivity contribution in [1.82, 2.24) is 29.2 Å². The highest BCUT2D eigenvalue weighted by molar-refractivity contribution is 6.10. The molecule has 0 saturated heterocycles. The summed E-state index contributed by atoms with van der Waals surface area (Å²) in [5, 5.41) is 5.51. The second kappa shape index (κ2) is 8.56. The normalized spacial score (nSPS) is 15.6. The van der Waals surface area contributed by atoms with Crippen LogP contribution in [0.4, 0.5) is 10.2 Å². The van der Waals surface area contributed by atoms with Crippen LogP contribution in [0.5, 0.6) is 5.75 Å². The largest absolute Gasteiger partial charge is 0.491 e.